The van der Waals surface area contributed by atoms with Gasteiger partial charge in [0.05, 0.1) is 18.2 Å². The molecule has 0 radical (unpaired) electrons. The minimum Gasteiger partial charge on any atom is -0.390 e. The lowest BCUT2D eigenvalue weighted by molar-refractivity contribution is -0.157. The van der Waals surface area contributed by atoms with Gasteiger partial charge in [0.25, 0.3) is 5.91 Å². The number of hydrogen-bond donors (Lipinski definition) is 6. The summed E-state index contributed by atoms with van der Waals surface area (Å²) in [6, 6.07) is -9.30. The highest BCUT2D eigenvalue weighted by Gasteiger charge is 2.48. The average molecular weight is 1470 g/mol. The lowest BCUT2D eigenvalue weighted by atomic mass is 9.91. The van der Waals surface area contributed by atoms with E-state index in [2.05, 4.69) is 31.4 Å². The number of nitrogens with zero attached hydrogens (tertiary/aromatic N) is 9. The fraction of sp³-hybridized carbons (Fsp3) is 0.716. The fourth-order valence-electron chi connectivity index (χ4n) is 12.6. The average Bonchev–Trinajstić information content (AvgIpc) is 0.800. The smallest absolute Gasteiger partial charge is 0.390 e. The zero-order valence-corrected chi connectivity index (χ0v) is 65.6. The third kappa shape index (κ3) is 26.1. The number of aliphatic hydroxyl groups excluding tert-OH is 1. The molecule has 0 aromatic heterocycles. The SMILES string of the molecule is CC=CCC(C)C(O)C1C(=O)NC(CC)C(=O)N(C)CC(=O)N(C)C(CC(C)C)C(=O)NC(C(C)C)C(=O)N(C)C(CC(C)C)C(=O)NC(C)C(=O)NC(CCCCNC(=O)c2ccc(C(=[N+]=[N-])C(F)(F)F)cc2)C(=O)N(C)C(CC(C)C)C(=O)N(C)C(CC(C)C)C(=O)N(C)C(C(C)C)C(=O)N1C. The molecule has 0 aliphatic carbocycles. The van der Waals surface area contributed by atoms with Crippen LogP contribution in [0.4, 0.5) is 13.2 Å². The van der Waals surface area contributed by atoms with E-state index in [9.17, 15) is 56.6 Å². The zero-order chi connectivity index (χ0) is 79.9. The van der Waals surface area contributed by atoms with Gasteiger partial charge < -0.3 is 71.5 Å². The summed E-state index contributed by atoms with van der Waals surface area (Å²) in [5, 5.41) is 25.9. The van der Waals surface area contributed by atoms with Crippen molar-refractivity contribution < 1.29 is 80.6 Å². The molecule has 1 saturated heterocycles. The molecule has 0 spiro atoms. The van der Waals surface area contributed by atoms with E-state index in [-0.39, 0.29) is 93.6 Å². The molecule has 12 amide bonds. The van der Waals surface area contributed by atoms with Crippen molar-refractivity contribution in [2.75, 3.05) is 62.4 Å². The first kappa shape index (κ1) is 91.8. The van der Waals surface area contributed by atoms with E-state index < -0.39 is 179 Å². The normalized spacial score (nSPS) is 24.1. The van der Waals surface area contributed by atoms with Gasteiger partial charge in [-0.3, -0.25) is 57.5 Å². The molecular formula is C74H121F3N14O13. The molecule has 2 rings (SSSR count). The Balaban J connectivity index is 3.04. The topological polar surface area (TPSA) is 344 Å². The maximum absolute atomic E-state index is 15.4. The van der Waals surface area contributed by atoms with Gasteiger partial charge in [-0.25, -0.2) is 0 Å². The summed E-state index contributed by atoms with van der Waals surface area (Å²) in [6.45, 7) is 27.2. The Morgan fingerprint density at radius 3 is 1.49 bits per heavy atom. The number of aliphatic hydroxyl groups is 1. The summed E-state index contributed by atoms with van der Waals surface area (Å²) < 4.78 is 40.3. The van der Waals surface area contributed by atoms with Crippen LogP contribution in [0.5, 0.6) is 0 Å². The monoisotopic (exact) mass is 1470 g/mol. The second-order valence-corrected chi connectivity index (χ2v) is 30.2. The molecule has 104 heavy (non-hydrogen) atoms. The van der Waals surface area contributed by atoms with Gasteiger partial charge in [0.15, 0.2) is 0 Å². The molecule has 1 aromatic rings. The van der Waals surface area contributed by atoms with Crippen molar-refractivity contribution in [3.8, 4) is 0 Å². The number of likely N-dealkylation sites (N-methyl/N-ethyl adjacent to an activating group) is 7. The first-order chi connectivity index (χ1) is 48.2. The van der Waals surface area contributed by atoms with Crippen LogP contribution in [0.1, 0.15) is 184 Å². The van der Waals surface area contributed by atoms with Crippen LogP contribution < -0.4 is 26.6 Å². The Labute approximate surface area is 613 Å². The van der Waals surface area contributed by atoms with Crippen LogP contribution in [0.15, 0.2) is 36.4 Å². The van der Waals surface area contributed by atoms with Crippen LogP contribution in [0.25, 0.3) is 5.53 Å². The van der Waals surface area contributed by atoms with Gasteiger partial charge in [0.1, 0.15) is 60.4 Å². The largest absolute Gasteiger partial charge is 0.495 e. The van der Waals surface area contributed by atoms with Crippen molar-refractivity contribution in [1.82, 2.24) is 60.9 Å². The molecule has 6 N–H and O–H groups in total. The molecule has 1 aliphatic heterocycles. The van der Waals surface area contributed by atoms with Crippen molar-refractivity contribution in [2.24, 2.45) is 41.4 Å². The van der Waals surface area contributed by atoms with Crippen LogP contribution in [-0.2, 0) is 52.7 Å². The van der Waals surface area contributed by atoms with Crippen molar-refractivity contribution in [2.45, 2.75) is 241 Å². The number of carbonyl (C=O) groups excluding carboxylic acids is 12. The fourth-order valence-corrected chi connectivity index (χ4v) is 12.6. The van der Waals surface area contributed by atoms with E-state index in [1.54, 1.807) is 60.6 Å². The van der Waals surface area contributed by atoms with Crippen molar-refractivity contribution in [3.05, 3.63) is 53.1 Å². The van der Waals surface area contributed by atoms with Crippen LogP contribution in [-0.4, -0.2) is 256 Å². The second kappa shape index (κ2) is 42.0. The molecule has 1 fully saturated rings. The molecule has 30 heteroatoms. The zero-order valence-electron chi connectivity index (χ0n) is 65.6. The number of unbranched alkanes of at least 4 members (excludes halogenated alkanes) is 1. The van der Waals surface area contributed by atoms with E-state index in [1.807, 2.05) is 55.4 Å². The van der Waals surface area contributed by atoms with E-state index in [4.69, 9.17) is 5.53 Å². The molecule has 1 aromatic carbocycles. The molecule has 12 atom stereocenters. The number of alkyl halides is 3. The summed E-state index contributed by atoms with van der Waals surface area (Å²) in [4.78, 5) is 188. The third-order valence-electron chi connectivity index (χ3n) is 19.0. The number of nitrogens with one attached hydrogen (secondary N) is 5. The number of hydrogen-bond acceptors (Lipinski definition) is 13. The highest BCUT2D eigenvalue weighted by atomic mass is 19.4. The van der Waals surface area contributed by atoms with Crippen molar-refractivity contribution in [1.29, 1.82) is 0 Å². The molecule has 27 nitrogen and oxygen atoms in total. The molecule has 1 heterocycles. The molecule has 1 aliphatic rings. The summed E-state index contributed by atoms with van der Waals surface area (Å²) in [6.07, 6.45) is -2.35. The maximum atomic E-state index is 15.4. The Hall–Kier alpha value is -8.27. The minimum absolute atomic E-state index is 0.0195. The minimum atomic E-state index is -4.98. The van der Waals surface area contributed by atoms with Gasteiger partial charge in [-0.1, -0.05) is 109 Å². The molecule has 0 saturated carbocycles. The lowest BCUT2D eigenvalue weighted by Crippen LogP contribution is -2.63. The third-order valence-corrected chi connectivity index (χ3v) is 19.0. The van der Waals surface area contributed by atoms with E-state index >= 15 is 19.2 Å². The Morgan fingerprint density at radius 1 is 0.567 bits per heavy atom. The van der Waals surface area contributed by atoms with E-state index in [1.165, 1.54) is 80.8 Å². The Bertz CT molecular complexity index is 3190. The first-order valence-corrected chi connectivity index (χ1v) is 36.3. The summed E-state index contributed by atoms with van der Waals surface area (Å²) in [5.74, 6) is -11.8. The summed E-state index contributed by atoms with van der Waals surface area (Å²) in [5.41, 5.74) is 6.95. The predicted octanol–water partition coefficient (Wildman–Crippen LogP) is 5.43. The standard InChI is InChI=1S/C74H121F3N14O13/c1-24-26-29-47(15)61(93)60-67(98)81-51(25-2)68(99)85(17)40-57(92)86(18)53(36-41(3)4)66(97)83-58(45(11)12)72(103)87(19)54(37-42(5)6)65(96)80-48(16)63(94)82-52(30-27-28-35-79-64(95)50-33-31-49(32-34-50)62(84-78)74(75,76)77)69(100)88(20)55(38-43(7)8)70(101)89(21)56(39-44(9)10)71(102)90(22)59(46(13)14)73(104)91(60)23/h24,26,31-34,41-48,51-56,58-61,93H,25,27-30,35-40H2,1-23H3,(H,79,95)(H,80,96)(H,81,98)(H,82,94)(H,83,97). The second-order valence-electron chi connectivity index (χ2n) is 30.2. The van der Waals surface area contributed by atoms with Crippen molar-refractivity contribution >= 4 is 76.6 Å². The van der Waals surface area contributed by atoms with E-state index in [0.717, 1.165) is 34.1 Å². The van der Waals surface area contributed by atoms with Gasteiger partial charge >= 0.3 is 11.9 Å². The van der Waals surface area contributed by atoms with Crippen molar-refractivity contribution in [3.63, 3.8) is 0 Å². The number of amides is 12. The quantitative estimate of drug-likeness (QED) is 0.0278. The van der Waals surface area contributed by atoms with Crippen LogP contribution >= 0.6 is 0 Å². The summed E-state index contributed by atoms with van der Waals surface area (Å²) in [7, 11) is 9.61. The molecule has 12 unspecified atom stereocenters. The van der Waals surface area contributed by atoms with Gasteiger partial charge in [-0.2, -0.15) is 18.0 Å². The number of allylic oxidation sites excluding steroid dienone is 2. The van der Waals surface area contributed by atoms with Gasteiger partial charge in [-0.15, -0.1) is 0 Å². The van der Waals surface area contributed by atoms with E-state index in [0.29, 0.717) is 0 Å². The Morgan fingerprint density at radius 2 is 1.02 bits per heavy atom. The molecule has 0 bridgehead atoms. The number of rotatable bonds is 22. The number of benzene rings is 1. The number of carbonyl (C=O) groups is 12. The highest BCUT2D eigenvalue weighted by molar-refractivity contribution is 6.03. The molecule has 586 valence electrons. The number of halogens is 3. The lowest BCUT2D eigenvalue weighted by Gasteiger charge is -2.41. The summed E-state index contributed by atoms with van der Waals surface area (Å²) >= 11 is 0. The maximum Gasteiger partial charge on any atom is 0.495 e. The van der Waals surface area contributed by atoms with Gasteiger partial charge in [-0.05, 0) is 137 Å². The van der Waals surface area contributed by atoms with Gasteiger partial charge in [0.2, 0.25) is 65.0 Å². The predicted molar refractivity (Wildman–Crippen MR) is 389 cm³/mol. The van der Waals surface area contributed by atoms with Crippen LogP contribution in [0.3, 0.4) is 0 Å². The first-order valence-electron chi connectivity index (χ1n) is 36.3. The van der Waals surface area contributed by atoms with Crippen LogP contribution in [0.2, 0.25) is 0 Å². The molecular weight excluding hydrogens is 1350 g/mol. The Kier molecular flexibility index (Phi) is 37.1. The van der Waals surface area contributed by atoms with Gasteiger partial charge in [0, 0.05) is 61.4 Å². The highest BCUT2D eigenvalue weighted by Crippen LogP contribution is 2.27. The van der Waals surface area contributed by atoms with Crippen LogP contribution in [0, 0.1) is 41.4 Å².